The van der Waals surface area contributed by atoms with Crippen LogP contribution >= 0.6 is 0 Å². The van der Waals surface area contributed by atoms with Gasteiger partial charge in [-0.25, -0.2) is 9.18 Å². The van der Waals surface area contributed by atoms with Gasteiger partial charge in [0.05, 0.1) is 6.04 Å². The van der Waals surface area contributed by atoms with Gasteiger partial charge in [-0.05, 0) is 23.6 Å². The molecule has 1 aliphatic heterocycles. The zero-order valence-electron chi connectivity index (χ0n) is 12.8. The van der Waals surface area contributed by atoms with Crippen molar-refractivity contribution in [2.75, 3.05) is 20.6 Å². The molecule has 1 aliphatic rings. The molecule has 1 heterocycles. The highest BCUT2D eigenvalue weighted by molar-refractivity contribution is 5.75. The molecule has 0 bridgehead atoms. The van der Waals surface area contributed by atoms with Crippen molar-refractivity contribution in [1.29, 1.82) is 0 Å². The molecule has 22 heavy (non-hydrogen) atoms. The molecule has 3 rings (SSSR count). The average Bonchev–Trinajstić information content (AvgIpc) is 2.53. The number of benzene rings is 2. The van der Waals surface area contributed by atoms with Crippen LogP contribution < -0.4 is 0 Å². The zero-order chi connectivity index (χ0) is 15.7. The van der Waals surface area contributed by atoms with Crippen molar-refractivity contribution >= 4 is 6.03 Å². The van der Waals surface area contributed by atoms with Gasteiger partial charge < -0.3 is 9.80 Å². The van der Waals surface area contributed by atoms with Gasteiger partial charge in [0.25, 0.3) is 0 Å². The molecule has 0 aromatic heterocycles. The van der Waals surface area contributed by atoms with Crippen LogP contribution in [0.2, 0.25) is 0 Å². The van der Waals surface area contributed by atoms with Crippen LogP contribution in [0.1, 0.15) is 22.7 Å². The van der Waals surface area contributed by atoms with Gasteiger partial charge >= 0.3 is 6.03 Å². The SMILES string of the molecule is CN(C)C(=O)N1CCc2ccccc2C1c1ccccc1F. The van der Waals surface area contributed by atoms with Gasteiger partial charge in [-0.15, -0.1) is 0 Å². The van der Waals surface area contributed by atoms with Crippen LogP contribution in [0.4, 0.5) is 9.18 Å². The van der Waals surface area contributed by atoms with Gasteiger partial charge in [0, 0.05) is 26.2 Å². The highest BCUT2D eigenvalue weighted by atomic mass is 19.1. The molecule has 0 N–H and O–H groups in total. The summed E-state index contributed by atoms with van der Waals surface area (Å²) in [5.74, 6) is -0.277. The Labute approximate surface area is 130 Å². The summed E-state index contributed by atoms with van der Waals surface area (Å²) in [7, 11) is 3.45. The number of halogens is 1. The summed E-state index contributed by atoms with van der Waals surface area (Å²) >= 11 is 0. The number of amides is 2. The maximum atomic E-state index is 14.4. The molecule has 0 radical (unpaired) electrons. The molecule has 1 unspecified atom stereocenters. The largest absolute Gasteiger partial charge is 0.331 e. The molecular formula is C18H19FN2O. The summed E-state index contributed by atoms with van der Waals surface area (Å²) in [6, 6.07) is 14.2. The summed E-state index contributed by atoms with van der Waals surface area (Å²) in [4.78, 5) is 15.8. The van der Waals surface area contributed by atoms with E-state index in [0.29, 0.717) is 12.1 Å². The van der Waals surface area contributed by atoms with Crippen molar-refractivity contribution in [2.45, 2.75) is 12.5 Å². The van der Waals surface area contributed by atoms with E-state index in [1.54, 1.807) is 36.0 Å². The predicted molar refractivity (Wildman–Crippen MR) is 84.2 cm³/mol. The molecular weight excluding hydrogens is 279 g/mol. The first-order valence-corrected chi connectivity index (χ1v) is 7.39. The van der Waals surface area contributed by atoms with Crippen LogP contribution in [0.25, 0.3) is 0 Å². The Morgan fingerprint density at radius 2 is 1.73 bits per heavy atom. The Kier molecular flexibility index (Phi) is 3.84. The third-order valence-corrected chi connectivity index (χ3v) is 4.11. The molecule has 2 amide bonds. The fourth-order valence-corrected chi connectivity index (χ4v) is 3.06. The number of fused-ring (bicyclic) bond motifs is 1. The summed E-state index contributed by atoms with van der Waals surface area (Å²) < 4.78 is 14.4. The highest BCUT2D eigenvalue weighted by Gasteiger charge is 2.33. The first kappa shape index (κ1) is 14.6. The molecule has 0 aliphatic carbocycles. The predicted octanol–water partition coefficient (Wildman–Crippen LogP) is 3.45. The molecule has 2 aromatic carbocycles. The lowest BCUT2D eigenvalue weighted by Gasteiger charge is -2.39. The highest BCUT2D eigenvalue weighted by Crippen LogP contribution is 2.36. The van der Waals surface area contributed by atoms with Gasteiger partial charge in [-0.1, -0.05) is 42.5 Å². The normalized spacial score (nSPS) is 17.0. The van der Waals surface area contributed by atoms with E-state index < -0.39 is 0 Å². The third-order valence-electron chi connectivity index (χ3n) is 4.11. The average molecular weight is 298 g/mol. The Morgan fingerprint density at radius 3 is 2.41 bits per heavy atom. The Hall–Kier alpha value is -2.36. The lowest BCUT2D eigenvalue weighted by atomic mass is 9.88. The number of carbonyl (C=O) groups is 1. The number of urea groups is 1. The first-order chi connectivity index (χ1) is 10.6. The molecule has 0 fully saturated rings. The second-order valence-corrected chi connectivity index (χ2v) is 5.74. The number of hydrogen-bond acceptors (Lipinski definition) is 1. The van der Waals surface area contributed by atoms with Crippen LogP contribution in [-0.4, -0.2) is 36.5 Å². The van der Waals surface area contributed by atoms with Gasteiger partial charge in [0.15, 0.2) is 0 Å². The lowest BCUT2D eigenvalue weighted by molar-refractivity contribution is 0.153. The number of nitrogens with zero attached hydrogens (tertiary/aromatic N) is 2. The zero-order valence-corrected chi connectivity index (χ0v) is 12.8. The van der Waals surface area contributed by atoms with E-state index in [0.717, 1.165) is 12.0 Å². The Morgan fingerprint density at radius 1 is 1.09 bits per heavy atom. The maximum absolute atomic E-state index is 14.4. The van der Waals surface area contributed by atoms with Crippen LogP contribution in [0.5, 0.6) is 0 Å². The summed E-state index contributed by atoms with van der Waals surface area (Å²) in [5, 5.41) is 0. The van der Waals surface area contributed by atoms with Crippen molar-refractivity contribution < 1.29 is 9.18 Å². The lowest BCUT2D eigenvalue weighted by Crippen LogP contribution is -2.45. The van der Waals surface area contributed by atoms with Gasteiger partial charge in [0.2, 0.25) is 0 Å². The van der Waals surface area contributed by atoms with Crippen LogP contribution in [0, 0.1) is 5.82 Å². The topological polar surface area (TPSA) is 23.6 Å². The molecule has 0 spiro atoms. The van der Waals surface area contributed by atoms with Crippen molar-refractivity contribution in [3.63, 3.8) is 0 Å². The van der Waals surface area contributed by atoms with E-state index in [-0.39, 0.29) is 17.9 Å². The molecule has 4 heteroatoms. The monoisotopic (exact) mass is 298 g/mol. The second-order valence-electron chi connectivity index (χ2n) is 5.74. The summed E-state index contributed by atoms with van der Waals surface area (Å²) in [6.07, 6.45) is 0.792. The van der Waals surface area contributed by atoms with Crippen LogP contribution in [0.3, 0.4) is 0 Å². The van der Waals surface area contributed by atoms with Gasteiger partial charge in [-0.3, -0.25) is 0 Å². The minimum absolute atomic E-state index is 0.0947. The van der Waals surface area contributed by atoms with E-state index in [1.807, 2.05) is 24.3 Å². The van der Waals surface area contributed by atoms with Crippen LogP contribution in [0.15, 0.2) is 48.5 Å². The number of rotatable bonds is 1. The smallest absolute Gasteiger partial charge is 0.320 e. The van der Waals surface area contributed by atoms with Crippen molar-refractivity contribution in [3.8, 4) is 0 Å². The molecule has 2 aromatic rings. The molecule has 3 nitrogen and oxygen atoms in total. The van der Waals surface area contributed by atoms with Crippen molar-refractivity contribution in [1.82, 2.24) is 9.80 Å². The van der Waals surface area contributed by atoms with E-state index in [9.17, 15) is 9.18 Å². The molecule has 0 saturated heterocycles. The van der Waals surface area contributed by atoms with E-state index in [4.69, 9.17) is 0 Å². The minimum Gasteiger partial charge on any atom is -0.331 e. The fourth-order valence-electron chi connectivity index (χ4n) is 3.06. The van der Waals surface area contributed by atoms with Gasteiger partial charge in [0.1, 0.15) is 5.82 Å². The number of carbonyl (C=O) groups excluding carboxylic acids is 1. The summed E-state index contributed by atoms with van der Waals surface area (Å²) in [6.45, 7) is 0.590. The molecule has 1 atom stereocenters. The Balaban J connectivity index is 2.14. The van der Waals surface area contributed by atoms with Gasteiger partial charge in [-0.2, -0.15) is 0 Å². The third kappa shape index (κ3) is 2.45. The van der Waals surface area contributed by atoms with E-state index in [1.165, 1.54) is 11.6 Å². The Bertz CT molecular complexity index is 699. The second kappa shape index (κ2) is 5.79. The van der Waals surface area contributed by atoms with E-state index in [2.05, 4.69) is 6.07 Å². The number of hydrogen-bond donors (Lipinski definition) is 0. The van der Waals surface area contributed by atoms with Crippen molar-refractivity contribution in [2.24, 2.45) is 0 Å². The minimum atomic E-state index is -0.374. The van der Waals surface area contributed by atoms with E-state index >= 15 is 0 Å². The molecule has 0 saturated carbocycles. The quantitative estimate of drug-likeness (QED) is 0.791. The first-order valence-electron chi connectivity index (χ1n) is 7.39. The maximum Gasteiger partial charge on any atom is 0.320 e. The summed E-state index contributed by atoms with van der Waals surface area (Å²) in [5.41, 5.74) is 2.73. The fraction of sp³-hybridized carbons (Fsp3) is 0.278. The van der Waals surface area contributed by atoms with Crippen molar-refractivity contribution in [3.05, 3.63) is 71.0 Å². The molecule has 114 valence electrons. The standard InChI is InChI=1S/C18H19FN2O/c1-20(2)18(22)21-12-11-13-7-3-4-8-14(13)17(21)15-9-5-6-10-16(15)19/h3-10,17H,11-12H2,1-2H3. The van der Waals surface area contributed by atoms with Crippen LogP contribution in [-0.2, 0) is 6.42 Å².